The number of rotatable bonds is 0. The lowest BCUT2D eigenvalue weighted by Crippen LogP contribution is -1.86. The van der Waals surface area contributed by atoms with Crippen molar-refractivity contribution in [3.05, 3.63) is 36.0 Å². The lowest BCUT2D eigenvalue weighted by atomic mass is 10.2. The van der Waals surface area contributed by atoms with Gasteiger partial charge in [-0.15, -0.1) is 0 Å². The number of carbonyl (C=O) groups is 1. The molecule has 1 N–H and O–H groups in total. The molecule has 0 unspecified atom stereocenters. The van der Waals surface area contributed by atoms with E-state index in [0.29, 0.717) is 0 Å². The van der Waals surface area contributed by atoms with E-state index < -0.39 is 5.97 Å². The standard InChI is InChI=1S/C12H9NO2/c1-13-8-9(6-7-12(14)15)10-4-2-3-5-11(10)13/h2-5,8H,1H3,(H,14,15). The molecule has 0 radical (unpaired) electrons. The Morgan fingerprint density at radius 3 is 2.87 bits per heavy atom. The molecule has 0 aliphatic carbocycles. The second-order valence-electron chi connectivity index (χ2n) is 3.23. The van der Waals surface area contributed by atoms with E-state index in [1.807, 2.05) is 42.1 Å². The zero-order chi connectivity index (χ0) is 10.8. The van der Waals surface area contributed by atoms with Crippen LogP contribution in [0.25, 0.3) is 10.9 Å². The molecule has 0 amide bonds. The van der Waals surface area contributed by atoms with Crippen LogP contribution in [0.1, 0.15) is 5.56 Å². The van der Waals surface area contributed by atoms with Crippen LogP contribution in [0.15, 0.2) is 30.5 Å². The monoisotopic (exact) mass is 199 g/mol. The predicted molar refractivity (Wildman–Crippen MR) is 57.4 cm³/mol. The molecule has 1 aromatic heterocycles. The maximum atomic E-state index is 10.3. The quantitative estimate of drug-likeness (QED) is 0.655. The second kappa shape index (κ2) is 3.50. The van der Waals surface area contributed by atoms with Crippen LogP contribution in [-0.4, -0.2) is 15.6 Å². The summed E-state index contributed by atoms with van der Waals surface area (Å²) in [6.45, 7) is 0. The van der Waals surface area contributed by atoms with Gasteiger partial charge in [-0.1, -0.05) is 24.1 Å². The summed E-state index contributed by atoms with van der Waals surface area (Å²) in [5.74, 6) is 3.65. The van der Waals surface area contributed by atoms with E-state index in [1.54, 1.807) is 0 Å². The van der Waals surface area contributed by atoms with E-state index >= 15 is 0 Å². The highest BCUT2D eigenvalue weighted by molar-refractivity contribution is 5.91. The topological polar surface area (TPSA) is 42.2 Å². The number of hydrogen-bond donors (Lipinski definition) is 1. The van der Waals surface area contributed by atoms with Crippen molar-refractivity contribution in [2.24, 2.45) is 7.05 Å². The van der Waals surface area contributed by atoms with Gasteiger partial charge in [-0.2, -0.15) is 0 Å². The number of carboxylic acid groups (broad SMARTS) is 1. The molecule has 0 fully saturated rings. The largest absolute Gasteiger partial charge is 0.472 e. The van der Waals surface area contributed by atoms with Crippen LogP contribution in [0.4, 0.5) is 0 Å². The van der Waals surface area contributed by atoms with E-state index in [9.17, 15) is 4.79 Å². The molecule has 15 heavy (non-hydrogen) atoms. The molecular weight excluding hydrogens is 190 g/mol. The molecule has 0 aliphatic heterocycles. The van der Waals surface area contributed by atoms with Crippen LogP contribution >= 0.6 is 0 Å². The molecule has 0 bridgehead atoms. The van der Waals surface area contributed by atoms with Gasteiger partial charge in [0.15, 0.2) is 0 Å². The Hall–Kier alpha value is -2.21. The average molecular weight is 199 g/mol. The molecule has 3 nitrogen and oxygen atoms in total. The molecule has 2 aromatic rings. The minimum atomic E-state index is -1.11. The SMILES string of the molecule is Cn1cc(C#CC(=O)O)c2ccccc21. The number of aryl methyl sites for hydroxylation is 1. The molecule has 0 saturated heterocycles. The highest BCUT2D eigenvalue weighted by Crippen LogP contribution is 2.18. The number of aromatic nitrogens is 1. The van der Waals surface area contributed by atoms with E-state index in [1.165, 1.54) is 0 Å². The minimum absolute atomic E-state index is 0.746. The van der Waals surface area contributed by atoms with Gasteiger partial charge in [-0.3, -0.25) is 0 Å². The van der Waals surface area contributed by atoms with Gasteiger partial charge in [0.2, 0.25) is 0 Å². The highest BCUT2D eigenvalue weighted by Gasteiger charge is 2.02. The zero-order valence-electron chi connectivity index (χ0n) is 8.19. The van der Waals surface area contributed by atoms with Crippen LogP contribution in [0.2, 0.25) is 0 Å². The van der Waals surface area contributed by atoms with Gasteiger partial charge >= 0.3 is 5.97 Å². The molecule has 74 valence electrons. The summed E-state index contributed by atoms with van der Waals surface area (Å²) >= 11 is 0. The summed E-state index contributed by atoms with van der Waals surface area (Å²) in [7, 11) is 1.91. The van der Waals surface area contributed by atoms with Crippen molar-refractivity contribution in [2.75, 3.05) is 0 Å². The van der Waals surface area contributed by atoms with Gasteiger partial charge in [-0.05, 0) is 6.07 Å². The summed E-state index contributed by atoms with van der Waals surface area (Å²) < 4.78 is 1.93. The highest BCUT2D eigenvalue weighted by atomic mass is 16.4. The third-order valence-corrected chi connectivity index (χ3v) is 2.20. The van der Waals surface area contributed by atoms with E-state index in [-0.39, 0.29) is 0 Å². The Bertz CT molecular complexity index is 584. The summed E-state index contributed by atoms with van der Waals surface area (Å²) in [6.07, 6.45) is 1.83. The number of aliphatic carboxylic acids is 1. The molecular formula is C12H9NO2. The molecule has 0 saturated carbocycles. The molecule has 3 heteroatoms. The first kappa shape index (κ1) is 9.35. The van der Waals surface area contributed by atoms with Crippen LogP contribution in [0.5, 0.6) is 0 Å². The van der Waals surface area contributed by atoms with Crippen molar-refractivity contribution in [1.82, 2.24) is 4.57 Å². The van der Waals surface area contributed by atoms with Gasteiger partial charge in [0.25, 0.3) is 0 Å². The fourth-order valence-corrected chi connectivity index (χ4v) is 1.56. The Morgan fingerprint density at radius 1 is 1.40 bits per heavy atom. The molecule has 0 aliphatic rings. The first-order valence-corrected chi connectivity index (χ1v) is 4.47. The molecule has 2 rings (SSSR count). The van der Waals surface area contributed by atoms with Crippen molar-refractivity contribution < 1.29 is 9.90 Å². The Kier molecular flexibility index (Phi) is 2.18. The molecule has 0 spiro atoms. The average Bonchev–Trinajstić information content (AvgIpc) is 2.54. The number of nitrogens with zero attached hydrogens (tertiary/aromatic N) is 1. The summed E-state index contributed by atoms with van der Waals surface area (Å²) in [5.41, 5.74) is 1.79. The van der Waals surface area contributed by atoms with Gasteiger partial charge in [0.05, 0.1) is 5.56 Å². The Labute approximate surface area is 86.9 Å². The molecule has 0 atom stereocenters. The predicted octanol–water partition coefficient (Wildman–Crippen LogP) is 1.61. The van der Waals surface area contributed by atoms with E-state index in [2.05, 4.69) is 11.8 Å². The van der Waals surface area contributed by atoms with Crippen LogP contribution < -0.4 is 0 Å². The fourth-order valence-electron chi connectivity index (χ4n) is 1.56. The summed E-state index contributed by atoms with van der Waals surface area (Å²) in [6, 6.07) is 7.76. The number of hydrogen-bond acceptors (Lipinski definition) is 1. The van der Waals surface area contributed by atoms with Crippen LogP contribution in [0.3, 0.4) is 0 Å². The fraction of sp³-hybridized carbons (Fsp3) is 0.0833. The van der Waals surface area contributed by atoms with Gasteiger partial charge in [-0.25, -0.2) is 4.79 Å². The lowest BCUT2D eigenvalue weighted by Gasteiger charge is -1.92. The Morgan fingerprint density at radius 2 is 2.13 bits per heavy atom. The lowest BCUT2D eigenvalue weighted by molar-refractivity contribution is -0.130. The second-order valence-corrected chi connectivity index (χ2v) is 3.23. The van der Waals surface area contributed by atoms with Crippen LogP contribution in [0, 0.1) is 11.8 Å². The van der Waals surface area contributed by atoms with Gasteiger partial charge in [0.1, 0.15) is 0 Å². The van der Waals surface area contributed by atoms with Crippen molar-refractivity contribution in [3.8, 4) is 11.8 Å². The van der Waals surface area contributed by atoms with Crippen molar-refractivity contribution in [1.29, 1.82) is 0 Å². The van der Waals surface area contributed by atoms with E-state index in [4.69, 9.17) is 5.11 Å². The van der Waals surface area contributed by atoms with Crippen molar-refractivity contribution in [2.45, 2.75) is 0 Å². The van der Waals surface area contributed by atoms with Gasteiger partial charge in [0, 0.05) is 30.1 Å². The first-order chi connectivity index (χ1) is 7.18. The number of carboxylic acids is 1. The number of para-hydroxylation sites is 1. The van der Waals surface area contributed by atoms with Crippen LogP contribution in [-0.2, 0) is 11.8 Å². The smallest absolute Gasteiger partial charge is 0.382 e. The minimum Gasteiger partial charge on any atom is -0.472 e. The third-order valence-electron chi connectivity index (χ3n) is 2.20. The van der Waals surface area contributed by atoms with E-state index in [0.717, 1.165) is 16.5 Å². The third kappa shape index (κ3) is 1.70. The summed E-state index contributed by atoms with van der Waals surface area (Å²) in [5, 5.41) is 9.45. The molecule has 1 heterocycles. The normalized spacial score (nSPS) is 9.67. The van der Waals surface area contributed by atoms with Crippen molar-refractivity contribution >= 4 is 16.9 Å². The number of benzene rings is 1. The first-order valence-electron chi connectivity index (χ1n) is 4.47. The Balaban J connectivity index is 2.64. The van der Waals surface area contributed by atoms with Crippen molar-refractivity contribution in [3.63, 3.8) is 0 Å². The molecule has 1 aromatic carbocycles. The maximum absolute atomic E-state index is 10.3. The summed E-state index contributed by atoms with van der Waals surface area (Å²) in [4.78, 5) is 10.3. The number of fused-ring (bicyclic) bond motifs is 1. The maximum Gasteiger partial charge on any atom is 0.382 e. The van der Waals surface area contributed by atoms with Gasteiger partial charge < -0.3 is 9.67 Å². The zero-order valence-corrected chi connectivity index (χ0v) is 8.19.